The quantitative estimate of drug-likeness (QED) is 0.694. The predicted molar refractivity (Wildman–Crippen MR) is 72.3 cm³/mol. The normalized spacial score (nSPS) is 12.6. The molecule has 2 aromatic rings. The number of nitrogens with two attached hydrogens (primary N) is 1. The first-order valence-corrected chi connectivity index (χ1v) is 7.38. The molecule has 0 radical (unpaired) electrons. The summed E-state index contributed by atoms with van der Waals surface area (Å²) in [6, 6.07) is 9.27. The van der Waals surface area contributed by atoms with Gasteiger partial charge in [-0.1, -0.05) is 24.3 Å². The Morgan fingerprint density at radius 1 is 1.14 bits per heavy atom. The van der Waals surface area contributed by atoms with Gasteiger partial charge in [-0.05, 0) is 41.4 Å². The van der Waals surface area contributed by atoms with Gasteiger partial charge in [0, 0.05) is 0 Å². The van der Waals surface area contributed by atoms with E-state index >= 15 is 0 Å². The summed E-state index contributed by atoms with van der Waals surface area (Å²) in [5.41, 5.74) is 0.823. The Kier molecular flexibility index (Phi) is 4.11. The summed E-state index contributed by atoms with van der Waals surface area (Å²) in [7, 11) is -5.67. The SMILES string of the molecule is NCCc1cccc2ccc(OS(=O)(=O)C(F)(F)F)cc12. The Morgan fingerprint density at radius 2 is 1.86 bits per heavy atom. The summed E-state index contributed by atoms with van der Waals surface area (Å²) in [6.45, 7) is 0.366. The van der Waals surface area contributed by atoms with Crippen LogP contribution in [0, 0.1) is 0 Å². The van der Waals surface area contributed by atoms with E-state index in [0.717, 1.165) is 10.9 Å². The first-order valence-electron chi connectivity index (χ1n) is 5.97. The standard InChI is InChI=1S/C13H12F3NO3S/c14-13(15,16)21(18,19)20-11-5-4-9-2-1-3-10(6-7-17)12(9)8-11/h1-5,8H,6-7,17H2. The fraction of sp³-hybridized carbons (Fsp3) is 0.231. The molecule has 2 rings (SSSR count). The van der Waals surface area contributed by atoms with E-state index in [9.17, 15) is 21.6 Å². The predicted octanol–water partition coefficient (Wildman–Crippen LogP) is 2.57. The highest BCUT2D eigenvalue weighted by atomic mass is 32.2. The summed E-state index contributed by atoms with van der Waals surface area (Å²) in [4.78, 5) is 0. The number of benzene rings is 2. The maximum absolute atomic E-state index is 12.3. The summed E-state index contributed by atoms with van der Waals surface area (Å²) in [5.74, 6) is -0.385. The van der Waals surface area contributed by atoms with Crippen molar-refractivity contribution in [3.8, 4) is 5.75 Å². The van der Waals surface area contributed by atoms with Gasteiger partial charge in [0.05, 0.1) is 0 Å². The van der Waals surface area contributed by atoms with Crippen LogP contribution in [0.15, 0.2) is 36.4 Å². The highest BCUT2D eigenvalue weighted by Crippen LogP contribution is 2.30. The number of hydrogen-bond acceptors (Lipinski definition) is 4. The van der Waals surface area contributed by atoms with Gasteiger partial charge in [-0.25, -0.2) is 0 Å². The van der Waals surface area contributed by atoms with Gasteiger partial charge in [0.15, 0.2) is 0 Å². The first-order chi connectivity index (χ1) is 9.74. The molecule has 0 unspecified atom stereocenters. The van der Waals surface area contributed by atoms with Gasteiger partial charge in [0.2, 0.25) is 0 Å². The zero-order chi connectivity index (χ0) is 15.7. The van der Waals surface area contributed by atoms with Crippen LogP contribution >= 0.6 is 0 Å². The molecule has 2 aromatic carbocycles. The van der Waals surface area contributed by atoms with Crippen LogP contribution in [-0.2, 0) is 16.5 Å². The average molecular weight is 319 g/mol. The lowest BCUT2D eigenvalue weighted by Gasteiger charge is -2.11. The summed E-state index contributed by atoms with van der Waals surface area (Å²) in [6.07, 6.45) is 0.521. The third-order valence-electron chi connectivity index (χ3n) is 2.85. The summed E-state index contributed by atoms with van der Waals surface area (Å²) in [5, 5.41) is 1.37. The average Bonchev–Trinajstić information content (AvgIpc) is 2.38. The third kappa shape index (κ3) is 3.27. The molecule has 0 aliphatic heterocycles. The second-order valence-electron chi connectivity index (χ2n) is 4.32. The zero-order valence-corrected chi connectivity index (χ0v) is 11.5. The lowest BCUT2D eigenvalue weighted by Crippen LogP contribution is -2.28. The van der Waals surface area contributed by atoms with Crippen molar-refractivity contribution < 1.29 is 25.8 Å². The van der Waals surface area contributed by atoms with Gasteiger partial charge in [0.25, 0.3) is 0 Å². The molecule has 2 N–H and O–H groups in total. The van der Waals surface area contributed by atoms with E-state index in [1.807, 2.05) is 0 Å². The Bertz CT molecular complexity index is 757. The van der Waals surface area contributed by atoms with Crippen molar-refractivity contribution in [2.24, 2.45) is 5.73 Å². The van der Waals surface area contributed by atoms with Gasteiger partial charge >= 0.3 is 15.6 Å². The number of rotatable bonds is 4. The van der Waals surface area contributed by atoms with Crippen LogP contribution < -0.4 is 9.92 Å². The van der Waals surface area contributed by atoms with Crippen molar-refractivity contribution in [3.63, 3.8) is 0 Å². The van der Waals surface area contributed by atoms with E-state index in [1.54, 1.807) is 18.2 Å². The van der Waals surface area contributed by atoms with Crippen LogP contribution in [0.4, 0.5) is 13.2 Å². The molecule has 0 fully saturated rings. The molecule has 0 aromatic heterocycles. The minimum Gasteiger partial charge on any atom is -0.376 e. The number of hydrogen-bond donors (Lipinski definition) is 1. The van der Waals surface area contributed by atoms with Gasteiger partial charge in [-0.2, -0.15) is 21.6 Å². The number of alkyl halides is 3. The van der Waals surface area contributed by atoms with E-state index in [-0.39, 0.29) is 5.75 Å². The molecule has 4 nitrogen and oxygen atoms in total. The summed E-state index contributed by atoms with van der Waals surface area (Å²) < 4.78 is 63.0. The van der Waals surface area contributed by atoms with E-state index < -0.39 is 15.6 Å². The lowest BCUT2D eigenvalue weighted by atomic mass is 10.0. The van der Waals surface area contributed by atoms with E-state index in [2.05, 4.69) is 4.18 Å². The van der Waals surface area contributed by atoms with E-state index in [1.165, 1.54) is 18.2 Å². The molecule has 21 heavy (non-hydrogen) atoms. The molecule has 0 saturated carbocycles. The topological polar surface area (TPSA) is 69.4 Å². The van der Waals surface area contributed by atoms with Crippen LogP contribution in [0.1, 0.15) is 5.56 Å². The molecular formula is C13H12F3NO3S. The molecule has 0 amide bonds. The Labute approximate surface area is 119 Å². The van der Waals surface area contributed by atoms with Crippen molar-refractivity contribution in [2.45, 2.75) is 11.9 Å². The van der Waals surface area contributed by atoms with Crippen LogP contribution in [0.25, 0.3) is 10.8 Å². The largest absolute Gasteiger partial charge is 0.534 e. The monoisotopic (exact) mass is 319 g/mol. The lowest BCUT2D eigenvalue weighted by molar-refractivity contribution is -0.0500. The van der Waals surface area contributed by atoms with Crippen molar-refractivity contribution in [1.82, 2.24) is 0 Å². The van der Waals surface area contributed by atoms with Crippen molar-refractivity contribution in [1.29, 1.82) is 0 Å². The van der Waals surface area contributed by atoms with Gasteiger partial charge in [0.1, 0.15) is 5.75 Å². The molecular weight excluding hydrogens is 307 g/mol. The second-order valence-corrected chi connectivity index (χ2v) is 5.86. The summed E-state index contributed by atoms with van der Waals surface area (Å²) >= 11 is 0. The second kappa shape index (κ2) is 5.53. The highest BCUT2D eigenvalue weighted by molar-refractivity contribution is 7.88. The van der Waals surface area contributed by atoms with Crippen LogP contribution in [0.5, 0.6) is 5.75 Å². The Hall–Kier alpha value is -1.80. The molecule has 0 bridgehead atoms. The molecule has 0 spiro atoms. The van der Waals surface area contributed by atoms with Gasteiger partial charge in [-0.3, -0.25) is 0 Å². The van der Waals surface area contributed by atoms with Crippen molar-refractivity contribution >= 4 is 20.9 Å². The number of halogens is 3. The van der Waals surface area contributed by atoms with Gasteiger partial charge in [-0.15, -0.1) is 0 Å². The smallest absolute Gasteiger partial charge is 0.376 e. The minimum absolute atomic E-state index is 0.366. The minimum atomic E-state index is -5.67. The molecule has 114 valence electrons. The van der Waals surface area contributed by atoms with E-state index in [0.29, 0.717) is 18.4 Å². The highest BCUT2D eigenvalue weighted by Gasteiger charge is 2.48. The van der Waals surface area contributed by atoms with Gasteiger partial charge < -0.3 is 9.92 Å². The third-order valence-corrected chi connectivity index (χ3v) is 3.83. The van der Waals surface area contributed by atoms with Crippen molar-refractivity contribution in [2.75, 3.05) is 6.54 Å². The number of fused-ring (bicyclic) bond motifs is 1. The maximum Gasteiger partial charge on any atom is 0.534 e. The fourth-order valence-electron chi connectivity index (χ4n) is 1.92. The molecule has 0 heterocycles. The Balaban J connectivity index is 2.46. The van der Waals surface area contributed by atoms with Crippen LogP contribution in [0.2, 0.25) is 0 Å². The molecule has 0 saturated heterocycles. The van der Waals surface area contributed by atoms with Crippen molar-refractivity contribution in [3.05, 3.63) is 42.0 Å². The molecule has 0 aliphatic rings. The molecule has 8 heteroatoms. The fourth-order valence-corrected chi connectivity index (χ4v) is 2.37. The van der Waals surface area contributed by atoms with Crippen LogP contribution in [0.3, 0.4) is 0 Å². The van der Waals surface area contributed by atoms with E-state index in [4.69, 9.17) is 5.73 Å². The molecule has 0 atom stereocenters. The Morgan fingerprint density at radius 3 is 2.48 bits per heavy atom. The van der Waals surface area contributed by atoms with Crippen LogP contribution in [-0.4, -0.2) is 20.5 Å². The first kappa shape index (κ1) is 15.6. The zero-order valence-electron chi connectivity index (χ0n) is 10.7. The molecule has 0 aliphatic carbocycles. The maximum atomic E-state index is 12.3.